The molecule has 132 valence electrons. The highest BCUT2D eigenvalue weighted by atomic mass is 15.2. The number of fused-ring (bicyclic) bond motifs is 1. The Bertz CT molecular complexity index is 1060. The zero-order chi connectivity index (χ0) is 18.5. The Labute approximate surface area is 158 Å². The monoisotopic (exact) mass is 352 g/mol. The van der Waals surface area contributed by atoms with E-state index < -0.39 is 0 Å². The van der Waals surface area contributed by atoms with E-state index in [-0.39, 0.29) is 6.04 Å². The van der Waals surface area contributed by atoms with Crippen molar-refractivity contribution in [2.75, 3.05) is 0 Å². The maximum absolute atomic E-state index is 4.80. The number of hydrogen-bond acceptors (Lipinski definition) is 4. The number of aromatic nitrogens is 2. The molecular formula is C23H20N4. The first-order valence-corrected chi connectivity index (χ1v) is 9.05. The zero-order valence-electron chi connectivity index (χ0n) is 15.2. The minimum absolute atomic E-state index is 0.0379. The van der Waals surface area contributed by atoms with Crippen LogP contribution in [0.5, 0.6) is 0 Å². The van der Waals surface area contributed by atoms with Crippen LogP contribution in [0.15, 0.2) is 95.2 Å². The molecule has 4 heteroatoms. The zero-order valence-corrected chi connectivity index (χ0v) is 15.2. The van der Waals surface area contributed by atoms with Gasteiger partial charge < -0.3 is 0 Å². The molecule has 0 saturated heterocycles. The molecule has 0 aliphatic rings. The third-order valence-corrected chi connectivity index (χ3v) is 4.44. The molecule has 0 aliphatic carbocycles. The van der Waals surface area contributed by atoms with Crippen molar-refractivity contribution < 1.29 is 0 Å². The largest absolute Gasteiger partial charge is 0.247 e. The van der Waals surface area contributed by atoms with Gasteiger partial charge in [0.05, 0.1) is 22.8 Å². The number of rotatable bonds is 5. The molecule has 3 aromatic carbocycles. The highest BCUT2D eigenvalue weighted by Crippen LogP contribution is 2.25. The Morgan fingerprint density at radius 1 is 0.741 bits per heavy atom. The summed E-state index contributed by atoms with van der Waals surface area (Å²) in [6, 6.07) is 28.2. The van der Waals surface area contributed by atoms with Crippen LogP contribution in [0.4, 0.5) is 5.82 Å². The predicted molar refractivity (Wildman–Crippen MR) is 108 cm³/mol. The second-order valence-corrected chi connectivity index (χ2v) is 6.45. The summed E-state index contributed by atoms with van der Waals surface area (Å²) in [5.74, 6) is 0.584. The topological polar surface area (TPSA) is 50.5 Å². The van der Waals surface area contributed by atoms with Crippen LogP contribution in [0.3, 0.4) is 0 Å². The van der Waals surface area contributed by atoms with Crippen molar-refractivity contribution in [2.24, 2.45) is 10.2 Å². The van der Waals surface area contributed by atoms with Crippen LogP contribution in [0.25, 0.3) is 11.0 Å². The van der Waals surface area contributed by atoms with E-state index >= 15 is 0 Å². The molecule has 1 aromatic heterocycles. The highest BCUT2D eigenvalue weighted by molar-refractivity contribution is 5.75. The van der Waals surface area contributed by atoms with E-state index in [1.165, 1.54) is 5.56 Å². The molecule has 1 heterocycles. The third-order valence-electron chi connectivity index (χ3n) is 4.44. The molecule has 0 radical (unpaired) electrons. The molecule has 0 aliphatic heterocycles. The van der Waals surface area contributed by atoms with Crippen LogP contribution in [0, 0.1) is 0 Å². The van der Waals surface area contributed by atoms with Crippen LogP contribution in [-0.2, 0) is 6.42 Å². The number of nitrogens with zero attached hydrogens (tertiary/aromatic N) is 4. The summed E-state index contributed by atoms with van der Waals surface area (Å²) in [6.07, 6.45) is 0.673. The van der Waals surface area contributed by atoms with Gasteiger partial charge in [0.25, 0.3) is 0 Å². The molecule has 4 rings (SSSR count). The fraction of sp³-hybridized carbons (Fsp3) is 0.130. The molecule has 0 saturated carbocycles. The van der Waals surface area contributed by atoms with Gasteiger partial charge in [-0.15, -0.1) is 5.11 Å². The predicted octanol–water partition coefficient (Wildman–Crippen LogP) is 6.07. The van der Waals surface area contributed by atoms with Gasteiger partial charge in [-0.3, -0.25) is 0 Å². The SMILES string of the molecule is CC(N=Nc1nc2ccccc2nc1Cc1ccccc1)c1ccccc1. The van der Waals surface area contributed by atoms with Crippen molar-refractivity contribution in [1.29, 1.82) is 0 Å². The summed E-state index contributed by atoms with van der Waals surface area (Å²) < 4.78 is 0. The van der Waals surface area contributed by atoms with E-state index in [9.17, 15) is 0 Å². The van der Waals surface area contributed by atoms with Gasteiger partial charge in [0.2, 0.25) is 0 Å². The Morgan fingerprint density at radius 2 is 1.33 bits per heavy atom. The first-order valence-electron chi connectivity index (χ1n) is 9.05. The van der Waals surface area contributed by atoms with E-state index in [1.807, 2.05) is 67.6 Å². The average Bonchev–Trinajstić information content (AvgIpc) is 2.73. The van der Waals surface area contributed by atoms with Gasteiger partial charge in [-0.25, -0.2) is 9.97 Å². The summed E-state index contributed by atoms with van der Waals surface area (Å²) >= 11 is 0. The van der Waals surface area contributed by atoms with Crippen molar-refractivity contribution in [1.82, 2.24) is 9.97 Å². The molecule has 1 unspecified atom stereocenters. The number of benzene rings is 3. The first kappa shape index (κ1) is 17.0. The van der Waals surface area contributed by atoms with Gasteiger partial charge in [0.15, 0.2) is 5.82 Å². The van der Waals surface area contributed by atoms with Crippen LogP contribution in [-0.4, -0.2) is 9.97 Å². The molecule has 0 bridgehead atoms. The van der Waals surface area contributed by atoms with Gasteiger partial charge in [-0.1, -0.05) is 72.8 Å². The third kappa shape index (κ3) is 4.06. The van der Waals surface area contributed by atoms with E-state index in [4.69, 9.17) is 9.97 Å². The van der Waals surface area contributed by atoms with Gasteiger partial charge in [-0.05, 0) is 30.2 Å². The van der Waals surface area contributed by atoms with Crippen molar-refractivity contribution in [3.05, 3.63) is 102 Å². The van der Waals surface area contributed by atoms with Crippen LogP contribution in [0.2, 0.25) is 0 Å². The van der Waals surface area contributed by atoms with Gasteiger partial charge in [0.1, 0.15) is 0 Å². The average molecular weight is 352 g/mol. The number of para-hydroxylation sites is 2. The minimum Gasteiger partial charge on any atom is -0.247 e. The molecule has 4 aromatic rings. The highest BCUT2D eigenvalue weighted by Gasteiger charge is 2.10. The standard InChI is InChI=1S/C23H20N4/c1-17(19-12-6-3-7-13-19)26-27-23-22(16-18-10-4-2-5-11-18)24-20-14-8-9-15-21(20)25-23/h2-15,17H,16H2,1H3. The smallest absolute Gasteiger partial charge is 0.196 e. The van der Waals surface area contributed by atoms with Gasteiger partial charge in [0, 0.05) is 6.42 Å². The summed E-state index contributed by atoms with van der Waals surface area (Å²) in [5.41, 5.74) is 4.84. The summed E-state index contributed by atoms with van der Waals surface area (Å²) in [6.45, 7) is 2.03. The minimum atomic E-state index is -0.0379. The number of azo groups is 1. The summed E-state index contributed by atoms with van der Waals surface area (Å²) in [7, 11) is 0. The van der Waals surface area contributed by atoms with E-state index in [2.05, 4.69) is 34.5 Å². The van der Waals surface area contributed by atoms with Gasteiger partial charge >= 0.3 is 0 Å². The lowest BCUT2D eigenvalue weighted by atomic mass is 10.1. The molecule has 1 atom stereocenters. The van der Waals surface area contributed by atoms with E-state index in [0.717, 1.165) is 22.3 Å². The Kier molecular flexibility index (Phi) is 4.97. The Balaban J connectivity index is 1.71. The normalized spacial score (nSPS) is 12.5. The van der Waals surface area contributed by atoms with E-state index in [0.29, 0.717) is 12.2 Å². The second kappa shape index (κ2) is 7.87. The molecule has 0 fully saturated rings. The van der Waals surface area contributed by atoms with Gasteiger partial charge in [-0.2, -0.15) is 5.11 Å². The molecule has 0 spiro atoms. The Hall–Kier alpha value is -3.40. The first-order chi connectivity index (χ1) is 13.3. The molecule has 0 amide bonds. The fourth-order valence-corrected chi connectivity index (χ4v) is 2.95. The molecule has 0 N–H and O–H groups in total. The molecular weight excluding hydrogens is 332 g/mol. The Morgan fingerprint density at radius 3 is 2.04 bits per heavy atom. The number of hydrogen-bond donors (Lipinski definition) is 0. The lowest BCUT2D eigenvalue weighted by molar-refractivity contribution is 0.758. The van der Waals surface area contributed by atoms with Crippen molar-refractivity contribution in [3.8, 4) is 0 Å². The van der Waals surface area contributed by atoms with Crippen LogP contribution in [0.1, 0.15) is 29.8 Å². The maximum atomic E-state index is 4.80. The van der Waals surface area contributed by atoms with Crippen molar-refractivity contribution in [3.63, 3.8) is 0 Å². The van der Waals surface area contributed by atoms with Crippen LogP contribution < -0.4 is 0 Å². The summed E-state index contributed by atoms with van der Waals surface area (Å²) in [4.78, 5) is 9.52. The van der Waals surface area contributed by atoms with Crippen LogP contribution >= 0.6 is 0 Å². The lowest BCUT2D eigenvalue weighted by Gasteiger charge is -2.08. The van der Waals surface area contributed by atoms with Crippen molar-refractivity contribution in [2.45, 2.75) is 19.4 Å². The molecule has 27 heavy (non-hydrogen) atoms. The van der Waals surface area contributed by atoms with Crippen molar-refractivity contribution >= 4 is 16.9 Å². The fourth-order valence-electron chi connectivity index (χ4n) is 2.95. The molecule has 4 nitrogen and oxygen atoms in total. The summed E-state index contributed by atoms with van der Waals surface area (Å²) in [5, 5.41) is 8.98. The maximum Gasteiger partial charge on any atom is 0.196 e. The lowest BCUT2D eigenvalue weighted by Crippen LogP contribution is -1.97. The quantitative estimate of drug-likeness (QED) is 0.410. The second-order valence-electron chi connectivity index (χ2n) is 6.45. The van der Waals surface area contributed by atoms with E-state index in [1.54, 1.807) is 0 Å².